The first kappa shape index (κ1) is 16.0. The highest BCUT2D eigenvalue weighted by molar-refractivity contribution is 5.28. The maximum absolute atomic E-state index is 9.99. The van der Waals surface area contributed by atoms with Crippen molar-refractivity contribution in [3.8, 4) is 5.75 Å². The summed E-state index contributed by atoms with van der Waals surface area (Å²) >= 11 is 0. The summed E-state index contributed by atoms with van der Waals surface area (Å²) in [6.07, 6.45) is 1.07. The van der Waals surface area contributed by atoms with E-state index < -0.39 is 6.10 Å². The van der Waals surface area contributed by atoms with Gasteiger partial charge in [-0.15, -0.1) is 0 Å². The van der Waals surface area contributed by atoms with Crippen molar-refractivity contribution >= 4 is 0 Å². The van der Waals surface area contributed by atoms with E-state index >= 15 is 0 Å². The third kappa shape index (κ3) is 6.57. The van der Waals surface area contributed by atoms with Crippen LogP contribution in [-0.2, 0) is 9.47 Å². The predicted octanol–water partition coefficient (Wildman–Crippen LogP) is 2.56. The number of aliphatic hydroxyl groups excluding tert-OH is 1. The van der Waals surface area contributed by atoms with Gasteiger partial charge in [0, 0.05) is 20.1 Å². The Bertz CT molecular complexity index is 323. The summed E-state index contributed by atoms with van der Waals surface area (Å²) in [5, 5.41) is 9.99. The summed E-state index contributed by atoms with van der Waals surface area (Å²) < 4.78 is 15.7. The van der Waals surface area contributed by atoms with Crippen molar-refractivity contribution in [2.45, 2.75) is 25.9 Å². The van der Waals surface area contributed by atoms with Crippen LogP contribution >= 0.6 is 0 Å². The van der Waals surface area contributed by atoms with E-state index in [1.165, 1.54) is 0 Å². The van der Waals surface area contributed by atoms with Crippen LogP contribution in [0.25, 0.3) is 0 Å². The molecule has 19 heavy (non-hydrogen) atoms. The summed E-state index contributed by atoms with van der Waals surface area (Å²) in [5.74, 6) is 0.842. The second-order valence-corrected chi connectivity index (χ2v) is 4.33. The molecular formula is C15H24O4. The quantitative estimate of drug-likeness (QED) is 0.663. The predicted molar refractivity (Wildman–Crippen MR) is 74.5 cm³/mol. The molecule has 1 rings (SSSR count). The van der Waals surface area contributed by atoms with Crippen molar-refractivity contribution < 1.29 is 19.3 Å². The van der Waals surface area contributed by atoms with Gasteiger partial charge in [-0.05, 0) is 24.1 Å². The SMILES string of the molecule is CCCOc1ccc(C(O)CCOCCOC)cc1. The normalized spacial score (nSPS) is 12.4. The van der Waals surface area contributed by atoms with E-state index in [1.54, 1.807) is 7.11 Å². The fraction of sp³-hybridized carbons (Fsp3) is 0.600. The van der Waals surface area contributed by atoms with Crippen LogP contribution in [0, 0.1) is 0 Å². The standard InChI is InChI=1S/C15H24O4/c1-3-9-19-14-6-4-13(5-7-14)15(16)8-10-18-12-11-17-2/h4-7,15-16H,3,8-12H2,1-2H3. The lowest BCUT2D eigenvalue weighted by atomic mass is 10.1. The van der Waals surface area contributed by atoms with E-state index in [2.05, 4.69) is 6.92 Å². The van der Waals surface area contributed by atoms with Crippen LogP contribution in [0.1, 0.15) is 31.4 Å². The smallest absolute Gasteiger partial charge is 0.119 e. The minimum atomic E-state index is -0.497. The van der Waals surface area contributed by atoms with Gasteiger partial charge in [0.15, 0.2) is 0 Å². The Hall–Kier alpha value is -1.10. The summed E-state index contributed by atoms with van der Waals surface area (Å²) in [4.78, 5) is 0. The molecule has 0 saturated carbocycles. The molecule has 4 nitrogen and oxygen atoms in total. The molecule has 0 aromatic heterocycles. The molecule has 108 valence electrons. The Morgan fingerprint density at radius 1 is 1.05 bits per heavy atom. The average molecular weight is 268 g/mol. The van der Waals surface area contributed by atoms with Gasteiger partial charge in [0.25, 0.3) is 0 Å². The fourth-order valence-electron chi connectivity index (χ4n) is 1.61. The van der Waals surface area contributed by atoms with Gasteiger partial charge in [-0.25, -0.2) is 0 Å². The van der Waals surface area contributed by atoms with Crippen LogP contribution in [0.2, 0.25) is 0 Å². The van der Waals surface area contributed by atoms with E-state index in [4.69, 9.17) is 14.2 Å². The fourth-order valence-corrected chi connectivity index (χ4v) is 1.61. The first-order valence-electron chi connectivity index (χ1n) is 6.75. The largest absolute Gasteiger partial charge is 0.494 e. The third-order valence-corrected chi connectivity index (χ3v) is 2.71. The van der Waals surface area contributed by atoms with Crippen molar-refractivity contribution in [2.75, 3.05) is 33.5 Å². The number of rotatable bonds is 10. The van der Waals surface area contributed by atoms with Gasteiger partial charge in [0.2, 0.25) is 0 Å². The van der Waals surface area contributed by atoms with Crippen molar-refractivity contribution in [2.24, 2.45) is 0 Å². The first-order chi connectivity index (χ1) is 9.27. The first-order valence-corrected chi connectivity index (χ1v) is 6.75. The summed E-state index contributed by atoms with van der Waals surface area (Å²) in [7, 11) is 1.64. The lowest BCUT2D eigenvalue weighted by Gasteiger charge is -2.12. The molecule has 1 unspecified atom stereocenters. The zero-order chi connectivity index (χ0) is 13.9. The van der Waals surface area contributed by atoms with E-state index in [0.29, 0.717) is 26.2 Å². The number of aliphatic hydroxyl groups is 1. The van der Waals surface area contributed by atoms with E-state index in [-0.39, 0.29) is 0 Å². The minimum absolute atomic E-state index is 0.497. The highest BCUT2D eigenvalue weighted by Crippen LogP contribution is 2.20. The van der Waals surface area contributed by atoms with Crippen LogP contribution in [0.5, 0.6) is 5.75 Å². The van der Waals surface area contributed by atoms with Crippen LogP contribution < -0.4 is 4.74 Å². The molecule has 4 heteroatoms. The van der Waals surface area contributed by atoms with Gasteiger partial charge in [-0.3, -0.25) is 0 Å². The van der Waals surface area contributed by atoms with E-state index in [0.717, 1.165) is 24.3 Å². The van der Waals surface area contributed by atoms with Gasteiger partial charge >= 0.3 is 0 Å². The van der Waals surface area contributed by atoms with Gasteiger partial charge in [0.1, 0.15) is 5.75 Å². The zero-order valence-electron chi connectivity index (χ0n) is 11.8. The second kappa shape index (κ2) is 9.78. The Morgan fingerprint density at radius 3 is 2.42 bits per heavy atom. The molecular weight excluding hydrogens is 244 g/mol. The van der Waals surface area contributed by atoms with Crippen molar-refractivity contribution in [1.29, 1.82) is 0 Å². The summed E-state index contributed by atoms with van der Waals surface area (Å²) in [6.45, 7) is 4.46. The van der Waals surface area contributed by atoms with Crippen molar-refractivity contribution in [3.05, 3.63) is 29.8 Å². The van der Waals surface area contributed by atoms with Crippen LogP contribution in [0.15, 0.2) is 24.3 Å². The highest BCUT2D eigenvalue weighted by atomic mass is 16.5. The molecule has 0 bridgehead atoms. The molecule has 1 aromatic rings. The van der Waals surface area contributed by atoms with Gasteiger partial charge in [-0.1, -0.05) is 19.1 Å². The maximum Gasteiger partial charge on any atom is 0.119 e. The van der Waals surface area contributed by atoms with Crippen LogP contribution in [0.4, 0.5) is 0 Å². The van der Waals surface area contributed by atoms with Crippen LogP contribution in [0.3, 0.4) is 0 Å². The molecule has 0 heterocycles. The molecule has 0 aliphatic heterocycles. The Kier molecular flexibility index (Phi) is 8.21. The zero-order valence-corrected chi connectivity index (χ0v) is 11.8. The lowest BCUT2D eigenvalue weighted by Crippen LogP contribution is -2.07. The molecule has 0 spiro atoms. The lowest BCUT2D eigenvalue weighted by molar-refractivity contribution is 0.0475. The third-order valence-electron chi connectivity index (χ3n) is 2.71. The summed E-state index contributed by atoms with van der Waals surface area (Å²) in [5.41, 5.74) is 0.888. The molecule has 0 saturated heterocycles. The van der Waals surface area contributed by atoms with Gasteiger partial charge in [0.05, 0.1) is 25.9 Å². The number of hydrogen-bond acceptors (Lipinski definition) is 4. The maximum atomic E-state index is 9.99. The van der Waals surface area contributed by atoms with Gasteiger partial charge in [-0.2, -0.15) is 0 Å². The van der Waals surface area contributed by atoms with Crippen LogP contribution in [-0.4, -0.2) is 38.6 Å². The topological polar surface area (TPSA) is 47.9 Å². The monoisotopic (exact) mass is 268 g/mol. The molecule has 0 aliphatic carbocycles. The molecule has 0 amide bonds. The number of benzene rings is 1. The average Bonchev–Trinajstić information content (AvgIpc) is 2.45. The molecule has 0 radical (unpaired) electrons. The Morgan fingerprint density at radius 2 is 1.79 bits per heavy atom. The molecule has 0 fully saturated rings. The van der Waals surface area contributed by atoms with E-state index in [9.17, 15) is 5.11 Å². The van der Waals surface area contributed by atoms with Gasteiger partial charge < -0.3 is 19.3 Å². The molecule has 1 atom stereocenters. The Labute approximate surface area is 115 Å². The highest BCUT2D eigenvalue weighted by Gasteiger charge is 2.07. The minimum Gasteiger partial charge on any atom is -0.494 e. The Balaban J connectivity index is 2.29. The molecule has 0 aliphatic rings. The number of ether oxygens (including phenoxy) is 3. The van der Waals surface area contributed by atoms with Crippen molar-refractivity contribution in [3.63, 3.8) is 0 Å². The second-order valence-electron chi connectivity index (χ2n) is 4.33. The number of methoxy groups -OCH3 is 1. The summed E-state index contributed by atoms with van der Waals surface area (Å²) in [6, 6.07) is 7.57. The number of hydrogen-bond donors (Lipinski definition) is 1. The molecule has 1 aromatic carbocycles. The van der Waals surface area contributed by atoms with Crippen molar-refractivity contribution in [1.82, 2.24) is 0 Å². The molecule has 1 N–H and O–H groups in total. The van der Waals surface area contributed by atoms with E-state index in [1.807, 2.05) is 24.3 Å².